The molecule has 1 aliphatic heterocycles. The van der Waals surface area contributed by atoms with E-state index in [0.717, 1.165) is 29.2 Å². The molecule has 0 spiro atoms. The van der Waals surface area contributed by atoms with Crippen molar-refractivity contribution in [3.8, 4) is 5.75 Å². The Kier molecular flexibility index (Phi) is 4.80. The van der Waals surface area contributed by atoms with E-state index in [2.05, 4.69) is 10.3 Å². The molecular formula is C17H19N3O3S. The standard InChI is InChI=1S/C17H19N3O3S/c1-11-12(2)24-17(18-11)19-15(21)10-23-14-7-5-13(6-8-14)20-9-3-4-16(20)22/h5-8H,3-4,9-10H2,1-2H3,(H,18,19,21). The van der Waals surface area contributed by atoms with Crippen LogP contribution < -0.4 is 15.0 Å². The minimum absolute atomic E-state index is 0.0837. The van der Waals surface area contributed by atoms with Gasteiger partial charge >= 0.3 is 0 Å². The van der Waals surface area contributed by atoms with Crippen molar-refractivity contribution >= 4 is 34.0 Å². The van der Waals surface area contributed by atoms with Gasteiger partial charge in [-0.1, -0.05) is 0 Å². The number of hydrogen-bond donors (Lipinski definition) is 1. The van der Waals surface area contributed by atoms with E-state index in [1.54, 1.807) is 17.0 Å². The van der Waals surface area contributed by atoms with Crippen molar-refractivity contribution in [2.75, 3.05) is 23.4 Å². The summed E-state index contributed by atoms with van der Waals surface area (Å²) in [7, 11) is 0. The van der Waals surface area contributed by atoms with Crippen LogP contribution >= 0.6 is 11.3 Å². The highest BCUT2D eigenvalue weighted by molar-refractivity contribution is 7.15. The summed E-state index contributed by atoms with van der Waals surface area (Å²) in [6, 6.07) is 7.21. The summed E-state index contributed by atoms with van der Waals surface area (Å²) in [4.78, 5) is 30.7. The van der Waals surface area contributed by atoms with Gasteiger partial charge in [0, 0.05) is 23.5 Å². The number of carbonyl (C=O) groups is 2. The van der Waals surface area contributed by atoms with E-state index in [1.165, 1.54) is 11.3 Å². The Morgan fingerprint density at radius 2 is 2.08 bits per heavy atom. The number of aryl methyl sites for hydroxylation is 2. The number of anilines is 2. The number of rotatable bonds is 5. The monoisotopic (exact) mass is 345 g/mol. The fourth-order valence-corrected chi connectivity index (χ4v) is 3.30. The molecule has 126 valence electrons. The second-order valence-electron chi connectivity index (χ2n) is 5.64. The number of ether oxygens (including phenoxy) is 1. The van der Waals surface area contributed by atoms with Gasteiger partial charge in [-0.05, 0) is 44.5 Å². The van der Waals surface area contributed by atoms with E-state index in [-0.39, 0.29) is 18.4 Å². The molecule has 0 bridgehead atoms. The van der Waals surface area contributed by atoms with Gasteiger partial charge in [0.1, 0.15) is 5.75 Å². The van der Waals surface area contributed by atoms with E-state index in [4.69, 9.17) is 4.74 Å². The largest absolute Gasteiger partial charge is 0.484 e. The van der Waals surface area contributed by atoms with Crippen LogP contribution in [0.2, 0.25) is 0 Å². The van der Waals surface area contributed by atoms with Crippen molar-refractivity contribution in [1.82, 2.24) is 4.98 Å². The molecule has 1 aliphatic rings. The highest BCUT2D eigenvalue weighted by Gasteiger charge is 2.21. The van der Waals surface area contributed by atoms with Gasteiger partial charge in [-0.3, -0.25) is 14.9 Å². The lowest BCUT2D eigenvalue weighted by Crippen LogP contribution is -2.23. The number of aromatic nitrogens is 1. The number of carbonyl (C=O) groups excluding carboxylic acids is 2. The Bertz CT molecular complexity index is 735. The summed E-state index contributed by atoms with van der Waals surface area (Å²) in [6.07, 6.45) is 1.50. The SMILES string of the molecule is Cc1nc(NC(=O)COc2ccc(N3CCCC3=O)cc2)sc1C. The van der Waals surface area contributed by atoms with Gasteiger partial charge in [-0.25, -0.2) is 4.98 Å². The van der Waals surface area contributed by atoms with E-state index in [0.29, 0.717) is 17.3 Å². The third kappa shape index (κ3) is 3.73. The average Bonchev–Trinajstić information content (AvgIpc) is 3.12. The Labute approximate surface area is 144 Å². The molecule has 1 saturated heterocycles. The Morgan fingerprint density at radius 3 is 2.67 bits per heavy atom. The summed E-state index contributed by atoms with van der Waals surface area (Å²) in [5.74, 6) is 0.492. The van der Waals surface area contributed by atoms with E-state index in [1.807, 2.05) is 26.0 Å². The second-order valence-corrected chi connectivity index (χ2v) is 6.84. The van der Waals surface area contributed by atoms with Crippen LogP contribution in [0.5, 0.6) is 5.75 Å². The van der Waals surface area contributed by atoms with Crippen molar-refractivity contribution in [3.05, 3.63) is 34.8 Å². The predicted molar refractivity (Wildman–Crippen MR) is 93.7 cm³/mol. The van der Waals surface area contributed by atoms with E-state index < -0.39 is 0 Å². The second kappa shape index (κ2) is 7.00. The molecule has 7 heteroatoms. The molecule has 1 fully saturated rings. The van der Waals surface area contributed by atoms with Gasteiger partial charge in [-0.15, -0.1) is 11.3 Å². The third-order valence-electron chi connectivity index (χ3n) is 3.87. The first-order chi connectivity index (χ1) is 11.5. The maximum atomic E-state index is 11.9. The van der Waals surface area contributed by atoms with Crippen LogP contribution in [0.3, 0.4) is 0 Å². The van der Waals surface area contributed by atoms with Gasteiger partial charge in [-0.2, -0.15) is 0 Å². The molecule has 0 unspecified atom stereocenters. The third-order valence-corrected chi connectivity index (χ3v) is 4.85. The number of amides is 2. The molecular weight excluding hydrogens is 326 g/mol. The maximum absolute atomic E-state index is 11.9. The zero-order chi connectivity index (χ0) is 17.1. The van der Waals surface area contributed by atoms with Gasteiger partial charge in [0.05, 0.1) is 5.69 Å². The first-order valence-corrected chi connectivity index (χ1v) is 8.61. The fourth-order valence-electron chi connectivity index (χ4n) is 2.47. The fraction of sp³-hybridized carbons (Fsp3) is 0.353. The zero-order valence-corrected chi connectivity index (χ0v) is 14.5. The highest BCUT2D eigenvalue weighted by Crippen LogP contribution is 2.24. The van der Waals surface area contributed by atoms with Gasteiger partial charge < -0.3 is 9.64 Å². The van der Waals surface area contributed by atoms with Crippen molar-refractivity contribution in [3.63, 3.8) is 0 Å². The summed E-state index contributed by atoms with van der Waals surface area (Å²) in [6.45, 7) is 4.55. The molecule has 0 saturated carbocycles. The van der Waals surface area contributed by atoms with E-state index in [9.17, 15) is 9.59 Å². The van der Waals surface area contributed by atoms with Crippen LogP contribution in [0.1, 0.15) is 23.4 Å². The zero-order valence-electron chi connectivity index (χ0n) is 13.7. The quantitative estimate of drug-likeness (QED) is 0.904. The van der Waals surface area contributed by atoms with Gasteiger partial charge in [0.2, 0.25) is 5.91 Å². The van der Waals surface area contributed by atoms with Crippen molar-refractivity contribution in [2.24, 2.45) is 0 Å². The molecule has 0 radical (unpaired) electrons. The predicted octanol–water partition coefficient (Wildman–Crippen LogP) is 2.90. The lowest BCUT2D eigenvalue weighted by Gasteiger charge is -2.16. The molecule has 2 aromatic rings. The van der Waals surface area contributed by atoms with E-state index >= 15 is 0 Å². The summed E-state index contributed by atoms with van der Waals surface area (Å²) in [5, 5.41) is 3.31. The molecule has 0 aliphatic carbocycles. The lowest BCUT2D eigenvalue weighted by molar-refractivity contribution is -0.118. The summed E-state index contributed by atoms with van der Waals surface area (Å²) < 4.78 is 5.48. The first kappa shape index (κ1) is 16.4. The number of nitrogens with zero attached hydrogens (tertiary/aromatic N) is 2. The molecule has 6 nitrogen and oxygen atoms in total. The minimum atomic E-state index is -0.248. The molecule has 2 amide bonds. The van der Waals surface area contributed by atoms with Crippen LogP contribution in [-0.4, -0.2) is 29.9 Å². The average molecular weight is 345 g/mol. The van der Waals surface area contributed by atoms with Crippen LogP contribution in [0.4, 0.5) is 10.8 Å². The van der Waals surface area contributed by atoms with Crippen LogP contribution in [0.15, 0.2) is 24.3 Å². The van der Waals surface area contributed by atoms with Gasteiger partial charge in [0.25, 0.3) is 5.91 Å². The molecule has 2 heterocycles. The lowest BCUT2D eigenvalue weighted by atomic mass is 10.3. The molecule has 1 aromatic carbocycles. The summed E-state index contributed by atoms with van der Waals surface area (Å²) in [5.41, 5.74) is 1.78. The van der Waals surface area contributed by atoms with Crippen LogP contribution in [0.25, 0.3) is 0 Å². The highest BCUT2D eigenvalue weighted by atomic mass is 32.1. The van der Waals surface area contributed by atoms with Crippen LogP contribution in [0, 0.1) is 13.8 Å². The van der Waals surface area contributed by atoms with Gasteiger partial charge in [0.15, 0.2) is 11.7 Å². The smallest absolute Gasteiger partial charge is 0.264 e. The van der Waals surface area contributed by atoms with Crippen molar-refractivity contribution in [1.29, 1.82) is 0 Å². The maximum Gasteiger partial charge on any atom is 0.264 e. The Hall–Kier alpha value is -2.41. The normalized spacial score (nSPS) is 14.1. The molecule has 1 aromatic heterocycles. The molecule has 0 atom stereocenters. The Morgan fingerprint density at radius 1 is 1.33 bits per heavy atom. The topological polar surface area (TPSA) is 71.5 Å². The number of benzene rings is 1. The molecule has 3 rings (SSSR count). The minimum Gasteiger partial charge on any atom is -0.484 e. The summed E-state index contributed by atoms with van der Waals surface area (Å²) >= 11 is 1.44. The number of nitrogens with one attached hydrogen (secondary N) is 1. The van der Waals surface area contributed by atoms with Crippen LogP contribution in [-0.2, 0) is 9.59 Å². The first-order valence-electron chi connectivity index (χ1n) is 7.80. The molecule has 24 heavy (non-hydrogen) atoms. The Balaban J connectivity index is 1.52. The molecule has 1 N–H and O–H groups in total. The number of hydrogen-bond acceptors (Lipinski definition) is 5. The van der Waals surface area contributed by atoms with Crippen molar-refractivity contribution in [2.45, 2.75) is 26.7 Å². The van der Waals surface area contributed by atoms with Crippen molar-refractivity contribution < 1.29 is 14.3 Å². The number of thiazole rings is 1.